The largest absolute Gasteiger partial charge is 0.494 e. The van der Waals surface area contributed by atoms with Crippen LogP contribution in [-0.2, 0) is 0 Å². The van der Waals surface area contributed by atoms with Gasteiger partial charge in [0.15, 0.2) is 5.17 Å². The van der Waals surface area contributed by atoms with Gasteiger partial charge in [0.25, 0.3) is 0 Å². The van der Waals surface area contributed by atoms with E-state index in [4.69, 9.17) is 4.74 Å². The number of nitrogens with zero attached hydrogens (tertiary/aromatic N) is 3. The quantitative estimate of drug-likeness (QED) is 0.579. The Kier molecular flexibility index (Phi) is 5.89. The number of fused-ring (bicyclic) bond motifs is 1. The van der Waals surface area contributed by atoms with E-state index in [0.717, 1.165) is 21.1 Å². The second kappa shape index (κ2) is 8.33. The molecule has 2 aliphatic heterocycles. The van der Waals surface area contributed by atoms with E-state index in [1.54, 1.807) is 48.5 Å². The Morgan fingerprint density at radius 3 is 2.35 bits per heavy atom. The molecule has 4 rings (SSSR count). The van der Waals surface area contributed by atoms with Crippen LogP contribution in [-0.4, -0.2) is 39.4 Å². The van der Waals surface area contributed by atoms with Crippen molar-refractivity contribution in [2.24, 2.45) is 10.2 Å². The summed E-state index contributed by atoms with van der Waals surface area (Å²) in [6, 6.07) is 13.3. The van der Waals surface area contributed by atoms with Crippen LogP contribution in [0, 0.1) is 0 Å². The van der Waals surface area contributed by atoms with Crippen molar-refractivity contribution in [2.45, 2.75) is 25.2 Å². The van der Waals surface area contributed by atoms with Gasteiger partial charge in [-0.15, -0.1) is 5.10 Å². The van der Waals surface area contributed by atoms with Gasteiger partial charge >= 0.3 is 6.18 Å². The number of halogens is 4. The van der Waals surface area contributed by atoms with Crippen molar-refractivity contribution in [1.82, 2.24) is 4.90 Å². The van der Waals surface area contributed by atoms with E-state index < -0.39 is 18.3 Å². The third-order valence-electron chi connectivity index (χ3n) is 4.84. The summed E-state index contributed by atoms with van der Waals surface area (Å²) < 4.78 is 49.0. The van der Waals surface area contributed by atoms with E-state index in [1.807, 2.05) is 6.92 Å². The van der Waals surface area contributed by atoms with Crippen LogP contribution < -0.4 is 4.74 Å². The summed E-state index contributed by atoms with van der Waals surface area (Å²) in [5, 5.41) is 20.7. The number of alkyl halides is 3. The zero-order valence-corrected chi connectivity index (χ0v) is 18.6. The van der Waals surface area contributed by atoms with Crippen LogP contribution in [0.3, 0.4) is 0 Å². The first kappa shape index (κ1) is 21.9. The summed E-state index contributed by atoms with van der Waals surface area (Å²) in [5.41, 5.74) is -2.04. The summed E-state index contributed by atoms with van der Waals surface area (Å²) in [6.07, 6.45) is -5.75. The Hall–Kier alpha value is -2.30. The Bertz CT molecular complexity index is 1070. The Morgan fingerprint density at radius 1 is 1.10 bits per heavy atom. The fourth-order valence-corrected chi connectivity index (χ4v) is 4.47. The predicted octanol–water partition coefficient (Wildman–Crippen LogP) is 5.61. The summed E-state index contributed by atoms with van der Waals surface area (Å²) in [7, 11) is 0. The number of hydrogen-bond donors (Lipinski definition) is 1. The summed E-state index contributed by atoms with van der Waals surface area (Å²) in [6.45, 7) is 2.32. The van der Waals surface area contributed by atoms with E-state index in [0.29, 0.717) is 23.5 Å². The van der Waals surface area contributed by atoms with Crippen molar-refractivity contribution in [3.8, 4) is 5.75 Å². The standard InChI is InChI=1S/C21H17BrF3N3O2S/c1-2-30-16-9-5-14(6-10-16)18-12-31-19-27-26-17(13-3-7-15(22)8-4-13)11-20(29,28(18)19)21(23,24)25/h3-10,12,29H,2,11H2,1H3/t20-/m0/s1. The molecule has 0 unspecified atom stereocenters. The molecule has 0 saturated heterocycles. The van der Waals surface area contributed by atoms with Gasteiger partial charge in [0.05, 0.1) is 24.4 Å². The second-order valence-electron chi connectivity index (χ2n) is 6.84. The highest BCUT2D eigenvalue weighted by Gasteiger charge is 2.62. The van der Waals surface area contributed by atoms with Crippen LogP contribution in [0.2, 0.25) is 0 Å². The van der Waals surface area contributed by atoms with Crippen LogP contribution in [0.15, 0.2) is 68.6 Å². The molecular weight excluding hydrogens is 495 g/mol. The van der Waals surface area contributed by atoms with Crippen molar-refractivity contribution in [1.29, 1.82) is 0 Å². The molecule has 10 heteroatoms. The molecule has 1 N–H and O–H groups in total. The van der Waals surface area contributed by atoms with Gasteiger partial charge in [0, 0.05) is 9.88 Å². The highest BCUT2D eigenvalue weighted by atomic mass is 79.9. The van der Waals surface area contributed by atoms with Crippen molar-refractivity contribution >= 4 is 44.3 Å². The average molecular weight is 512 g/mol. The lowest BCUT2D eigenvalue weighted by Gasteiger charge is -2.39. The van der Waals surface area contributed by atoms with Gasteiger partial charge in [-0.2, -0.15) is 18.3 Å². The van der Waals surface area contributed by atoms with E-state index in [2.05, 4.69) is 26.1 Å². The number of benzene rings is 2. The van der Waals surface area contributed by atoms with Crippen LogP contribution in [0.5, 0.6) is 5.75 Å². The molecule has 0 bridgehead atoms. The maximum atomic E-state index is 14.3. The van der Waals surface area contributed by atoms with Crippen molar-refractivity contribution in [3.63, 3.8) is 0 Å². The highest BCUT2D eigenvalue weighted by molar-refractivity contribution is 9.10. The second-order valence-corrected chi connectivity index (χ2v) is 8.59. The van der Waals surface area contributed by atoms with Crippen molar-refractivity contribution < 1.29 is 23.0 Å². The van der Waals surface area contributed by atoms with E-state index in [1.165, 1.54) is 5.41 Å². The van der Waals surface area contributed by atoms with Gasteiger partial charge in [-0.25, -0.2) is 0 Å². The lowest BCUT2D eigenvalue weighted by molar-refractivity contribution is -0.288. The molecule has 162 valence electrons. The Labute approximate surface area is 189 Å². The fourth-order valence-electron chi connectivity index (χ4n) is 3.31. The first-order valence-electron chi connectivity index (χ1n) is 9.33. The normalized spacial score (nSPS) is 21.1. The monoisotopic (exact) mass is 511 g/mol. The minimum atomic E-state index is -4.97. The van der Waals surface area contributed by atoms with Gasteiger partial charge in [0.2, 0.25) is 5.72 Å². The number of hydrogen-bond acceptors (Lipinski definition) is 6. The summed E-state index contributed by atoms with van der Waals surface area (Å²) in [5.74, 6) is 0.606. The van der Waals surface area contributed by atoms with Gasteiger partial charge < -0.3 is 9.84 Å². The first-order chi connectivity index (χ1) is 14.7. The molecule has 0 amide bonds. The molecule has 1 atom stereocenters. The molecule has 0 aromatic heterocycles. The molecule has 2 aromatic rings. The minimum Gasteiger partial charge on any atom is -0.494 e. The topological polar surface area (TPSA) is 57.4 Å². The maximum absolute atomic E-state index is 14.3. The van der Waals surface area contributed by atoms with Crippen molar-refractivity contribution in [2.75, 3.05) is 6.61 Å². The fraction of sp³-hybridized carbons (Fsp3) is 0.238. The lowest BCUT2D eigenvalue weighted by atomic mass is 9.97. The first-order valence-corrected chi connectivity index (χ1v) is 11.0. The molecule has 2 aliphatic rings. The Balaban J connectivity index is 1.75. The van der Waals surface area contributed by atoms with Crippen LogP contribution >= 0.6 is 27.7 Å². The third-order valence-corrected chi connectivity index (χ3v) is 6.19. The molecule has 31 heavy (non-hydrogen) atoms. The number of thioether (sulfide) groups is 1. The van der Waals surface area contributed by atoms with Gasteiger partial charge in [0.1, 0.15) is 5.75 Å². The molecule has 0 fully saturated rings. The van der Waals surface area contributed by atoms with E-state index in [-0.39, 0.29) is 16.6 Å². The number of amidine groups is 1. The predicted molar refractivity (Wildman–Crippen MR) is 119 cm³/mol. The van der Waals surface area contributed by atoms with Crippen molar-refractivity contribution in [3.05, 3.63) is 69.5 Å². The molecule has 0 radical (unpaired) electrons. The third kappa shape index (κ3) is 4.11. The van der Waals surface area contributed by atoms with Gasteiger partial charge in [-0.3, -0.25) is 4.90 Å². The molecular formula is C21H17BrF3N3O2S. The number of aliphatic hydroxyl groups is 1. The number of ether oxygens (including phenoxy) is 1. The molecule has 5 nitrogen and oxygen atoms in total. The van der Waals surface area contributed by atoms with E-state index in [9.17, 15) is 18.3 Å². The molecule has 2 heterocycles. The van der Waals surface area contributed by atoms with Gasteiger partial charge in [-0.05, 0) is 54.4 Å². The summed E-state index contributed by atoms with van der Waals surface area (Å²) >= 11 is 4.29. The number of rotatable bonds is 4. The average Bonchev–Trinajstić information content (AvgIpc) is 3.09. The minimum absolute atomic E-state index is 0.0425. The zero-order valence-electron chi connectivity index (χ0n) is 16.2. The molecule has 0 saturated carbocycles. The molecule has 0 spiro atoms. The molecule has 0 aliphatic carbocycles. The Morgan fingerprint density at radius 2 is 1.74 bits per heavy atom. The maximum Gasteiger partial charge on any atom is 0.437 e. The van der Waals surface area contributed by atoms with Crippen LogP contribution in [0.4, 0.5) is 13.2 Å². The van der Waals surface area contributed by atoms with Gasteiger partial charge in [-0.1, -0.05) is 39.8 Å². The summed E-state index contributed by atoms with van der Waals surface area (Å²) in [4.78, 5) is 0.822. The molecule has 2 aromatic carbocycles. The highest BCUT2D eigenvalue weighted by Crippen LogP contribution is 2.47. The van der Waals surface area contributed by atoms with E-state index >= 15 is 0 Å². The zero-order chi connectivity index (χ0) is 22.2. The van der Waals surface area contributed by atoms with Crippen LogP contribution in [0.1, 0.15) is 24.5 Å². The lowest BCUT2D eigenvalue weighted by Crippen LogP contribution is -2.59. The van der Waals surface area contributed by atoms with Crippen LogP contribution in [0.25, 0.3) is 5.70 Å². The smallest absolute Gasteiger partial charge is 0.437 e. The SMILES string of the molecule is CCOc1ccc(C2=CSC3=NN=C(c4ccc(Br)cc4)C[C@](O)(C(F)(F)F)N23)cc1.